The third-order valence-electron chi connectivity index (χ3n) is 4.04. The van der Waals surface area contributed by atoms with E-state index in [1.54, 1.807) is 39.1 Å². The minimum atomic E-state index is -1.08. The molecule has 0 fully saturated rings. The SMILES string of the molecule is CC(C)(C)OC(=O)CCC(=O)Oc1ccccc1C(=O)Nc1ncc(CS(=O)C(C)(C)C)s1. The Morgan fingerprint density at radius 1 is 1.03 bits per heavy atom. The summed E-state index contributed by atoms with van der Waals surface area (Å²) in [6, 6.07) is 6.30. The van der Waals surface area contributed by atoms with Crippen molar-refractivity contribution in [1.82, 2.24) is 4.98 Å². The van der Waals surface area contributed by atoms with Crippen LogP contribution in [0.2, 0.25) is 0 Å². The molecular weight excluding hydrogens is 464 g/mol. The molecule has 10 heteroatoms. The largest absolute Gasteiger partial charge is 0.460 e. The summed E-state index contributed by atoms with van der Waals surface area (Å²) in [5.41, 5.74) is -0.485. The van der Waals surface area contributed by atoms with E-state index in [1.165, 1.54) is 23.5 Å². The fourth-order valence-corrected chi connectivity index (χ4v) is 4.38. The molecule has 1 N–H and O–H groups in total. The first kappa shape index (κ1) is 26.7. The summed E-state index contributed by atoms with van der Waals surface area (Å²) >= 11 is 1.24. The molecule has 1 atom stereocenters. The molecule has 1 aromatic heterocycles. The van der Waals surface area contributed by atoms with Gasteiger partial charge in [-0.2, -0.15) is 0 Å². The molecule has 2 aromatic rings. The maximum absolute atomic E-state index is 12.8. The fraction of sp³-hybridized carbons (Fsp3) is 0.478. The van der Waals surface area contributed by atoms with E-state index in [-0.39, 0.29) is 28.9 Å². The first-order valence-electron chi connectivity index (χ1n) is 10.4. The van der Waals surface area contributed by atoms with E-state index in [0.29, 0.717) is 10.9 Å². The zero-order chi connectivity index (χ0) is 24.8. The number of nitrogens with one attached hydrogen (secondary N) is 1. The van der Waals surface area contributed by atoms with Crippen LogP contribution in [0, 0.1) is 0 Å². The number of thiazole rings is 1. The zero-order valence-corrected chi connectivity index (χ0v) is 21.4. The van der Waals surface area contributed by atoms with Crippen molar-refractivity contribution in [3.63, 3.8) is 0 Å². The Bertz CT molecular complexity index is 1030. The van der Waals surface area contributed by atoms with Crippen LogP contribution in [0.5, 0.6) is 5.75 Å². The second-order valence-electron chi connectivity index (χ2n) is 9.24. The summed E-state index contributed by atoms with van der Waals surface area (Å²) < 4.78 is 22.5. The van der Waals surface area contributed by atoms with E-state index < -0.39 is 34.2 Å². The molecule has 0 aliphatic heterocycles. The van der Waals surface area contributed by atoms with Gasteiger partial charge < -0.3 is 9.47 Å². The van der Waals surface area contributed by atoms with Crippen LogP contribution in [-0.2, 0) is 30.9 Å². The second kappa shape index (κ2) is 11.0. The van der Waals surface area contributed by atoms with Gasteiger partial charge in [-0.3, -0.25) is 23.9 Å². The maximum atomic E-state index is 12.8. The van der Waals surface area contributed by atoms with Crippen LogP contribution in [0.25, 0.3) is 0 Å². The van der Waals surface area contributed by atoms with Crippen molar-refractivity contribution in [1.29, 1.82) is 0 Å². The molecule has 2 rings (SSSR count). The molecule has 1 unspecified atom stereocenters. The van der Waals surface area contributed by atoms with Gasteiger partial charge in [0.25, 0.3) is 5.91 Å². The molecule has 33 heavy (non-hydrogen) atoms. The number of para-hydroxylation sites is 1. The predicted octanol–water partition coefficient (Wildman–Crippen LogP) is 4.47. The molecule has 0 radical (unpaired) electrons. The maximum Gasteiger partial charge on any atom is 0.311 e. The molecule has 1 amide bonds. The lowest BCUT2D eigenvalue weighted by Crippen LogP contribution is -2.24. The molecule has 1 aromatic carbocycles. The highest BCUT2D eigenvalue weighted by molar-refractivity contribution is 7.85. The van der Waals surface area contributed by atoms with Gasteiger partial charge in [0.05, 0.1) is 24.2 Å². The van der Waals surface area contributed by atoms with Gasteiger partial charge in [-0.05, 0) is 53.7 Å². The lowest BCUT2D eigenvalue weighted by Gasteiger charge is -2.19. The molecular formula is C23H30N2O6S2. The van der Waals surface area contributed by atoms with Crippen LogP contribution in [0.1, 0.15) is 69.6 Å². The molecule has 0 saturated carbocycles. The Kier molecular flexibility index (Phi) is 8.90. The number of aromatic nitrogens is 1. The quantitative estimate of drug-likeness (QED) is 0.426. The number of carbonyl (C=O) groups excluding carboxylic acids is 3. The van der Waals surface area contributed by atoms with E-state index in [4.69, 9.17) is 9.47 Å². The smallest absolute Gasteiger partial charge is 0.311 e. The summed E-state index contributed by atoms with van der Waals surface area (Å²) in [7, 11) is -1.08. The fourth-order valence-electron chi connectivity index (χ4n) is 2.46. The van der Waals surface area contributed by atoms with Crippen molar-refractivity contribution in [3.05, 3.63) is 40.9 Å². The van der Waals surface area contributed by atoms with Crippen LogP contribution in [0.4, 0.5) is 5.13 Å². The van der Waals surface area contributed by atoms with Crippen LogP contribution < -0.4 is 10.1 Å². The van der Waals surface area contributed by atoms with Crippen molar-refractivity contribution in [2.24, 2.45) is 0 Å². The molecule has 0 spiro atoms. The molecule has 8 nitrogen and oxygen atoms in total. The monoisotopic (exact) mass is 494 g/mol. The lowest BCUT2D eigenvalue weighted by atomic mass is 10.2. The van der Waals surface area contributed by atoms with Crippen molar-refractivity contribution in [3.8, 4) is 5.75 Å². The molecule has 0 aliphatic rings. The minimum absolute atomic E-state index is 0.0785. The highest BCUT2D eigenvalue weighted by Gasteiger charge is 2.22. The lowest BCUT2D eigenvalue weighted by molar-refractivity contribution is -0.156. The topological polar surface area (TPSA) is 112 Å². The molecule has 0 aliphatic carbocycles. The predicted molar refractivity (Wildman–Crippen MR) is 129 cm³/mol. The number of hydrogen-bond acceptors (Lipinski definition) is 8. The van der Waals surface area contributed by atoms with Crippen molar-refractivity contribution in [2.45, 2.75) is 70.5 Å². The number of rotatable bonds is 8. The summed E-state index contributed by atoms with van der Waals surface area (Å²) in [6.07, 6.45) is 1.29. The van der Waals surface area contributed by atoms with E-state index >= 15 is 0 Å². The summed E-state index contributed by atoms with van der Waals surface area (Å²) in [4.78, 5) is 41.7. The average Bonchev–Trinajstić information content (AvgIpc) is 3.11. The standard InChI is InChI=1S/C23H30N2O6S2/c1-22(2,3)31-19(27)12-11-18(26)30-17-10-8-7-9-16(17)20(28)25-21-24-13-15(32-21)14-33(29)23(4,5)6/h7-10,13H,11-12,14H2,1-6H3,(H,24,25,28). The normalized spacial score (nSPS) is 12.7. The van der Waals surface area contributed by atoms with Gasteiger partial charge in [0.1, 0.15) is 11.4 Å². The number of esters is 2. The minimum Gasteiger partial charge on any atom is -0.460 e. The van der Waals surface area contributed by atoms with E-state index in [2.05, 4.69) is 10.3 Å². The number of ether oxygens (including phenoxy) is 2. The summed E-state index contributed by atoms with van der Waals surface area (Å²) in [5.74, 6) is -1.22. The van der Waals surface area contributed by atoms with Gasteiger partial charge in [0, 0.05) is 26.6 Å². The van der Waals surface area contributed by atoms with Crippen LogP contribution >= 0.6 is 11.3 Å². The number of carbonyl (C=O) groups is 3. The highest BCUT2D eigenvalue weighted by Crippen LogP contribution is 2.25. The van der Waals surface area contributed by atoms with Gasteiger partial charge in [0.2, 0.25) is 0 Å². The Hall–Kier alpha value is -2.59. The van der Waals surface area contributed by atoms with Crippen LogP contribution in [0.15, 0.2) is 30.5 Å². The van der Waals surface area contributed by atoms with Crippen molar-refractivity contribution >= 4 is 45.1 Å². The number of hydrogen-bond donors (Lipinski definition) is 1. The van der Waals surface area contributed by atoms with Gasteiger partial charge in [-0.25, -0.2) is 4.98 Å². The number of benzene rings is 1. The van der Waals surface area contributed by atoms with Crippen LogP contribution in [0.3, 0.4) is 0 Å². The Labute approximate surface area is 200 Å². The van der Waals surface area contributed by atoms with Gasteiger partial charge in [0.15, 0.2) is 5.13 Å². The number of anilines is 1. The Balaban J connectivity index is 1.99. The third kappa shape index (κ3) is 9.05. The summed E-state index contributed by atoms with van der Waals surface area (Å²) in [5, 5.41) is 3.04. The molecule has 0 saturated heterocycles. The second-order valence-corrected chi connectivity index (χ2v) is 12.6. The van der Waals surface area contributed by atoms with E-state index in [9.17, 15) is 18.6 Å². The van der Waals surface area contributed by atoms with Gasteiger partial charge in [-0.1, -0.05) is 12.1 Å². The van der Waals surface area contributed by atoms with E-state index in [1.807, 2.05) is 20.8 Å². The van der Waals surface area contributed by atoms with Crippen molar-refractivity contribution < 1.29 is 28.1 Å². The summed E-state index contributed by atoms with van der Waals surface area (Å²) in [6.45, 7) is 10.9. The zero-order valence-electron chi connectivity index (χ0n) is 19.7. The van der Waals surface area contributed by atoms with Gasteiger partial charge in [-0.15, -0.1) is 11.3 Å². The Morgan fingerprint density at radius 2 is 1.67 bits per heavy atom. The molecule has 0 bridgehead atoms. The van der Waals surface area contributed by atoms with E-state index in [0.717, 1.165) is 4.88 Å². The number of nitrogens with zero attached hydrogens (tertiary/aromatic N) is 1. The van der Waals surface area contributed by atoms with Gasteiger partial charge >= 0.3 is 11.9 Å². The third-order valence-corrected chi connectivity index (χ3v) is 7.07. The van der Waals surface area contributed by atoms with Crippen LogP contribution in [-0.4, -0.2) is 37.4 Å². The molecule has 1 heterocycles. The first-order chi connectivity index (χ1) is 15.2. The molecule has 180 valence electrons. The van der Waals surface area contributed by atoms with Crippen molar-refractivity contribution in [2.75, 3.05) is 5.32 Å². The number of amides is 1. The highest BCUT2D eigenvalue weighted by atomic mass is 32.2. The first-order valence-corrected chi connectivity index (χ1v) is 12.5. The average molecular weight is 495 g/mol. The Morgan fingerprint density at radius 3 is 2.30 bits per heavy atom.